The Balaban J connectivity index is 2.11. The van der Waals surface area contributed by atoms with Crippen LogP contribution in [0.1, 0.15) is 28.3 Å². The van der Waals surface area contributed by atoms with Crippen LogP contribution in [-0.4, -0.2) is 0 Å². The molecular weight excluding hydrogens is 285 g/mol. The van der Waals surface area contributed by atoms with Crippen molar-refractivity contribution in [1.29, 1.82) is 0 Å². The Hall–Kier alpha value is -0.540. The lowest BCUT2D eigenvalue weighted by molar-refractivity contribution is 0.730. The average molecular weight is 300 g/mol. The van der Waals surface area contributed by atoms with Crippen LogP contribution in [0.25, 0.3) is 0 Å². The van der Waals surface area contributed by atoms with E-state index in [1.807, 2.05) is 23.5 Å². The van der Waals surface area contributed by atoms with Crippen molar-refractivity contribution < 1.29 is 0 Å². The van der Waals surface area contributed by atoms with Gasteiger partial charge in [0.1, 0.15) is 0 Å². The van der Waals surface area contributed by atoms with E-state index in [1.54, 1.807) is 6.07 Å². The minimum Gasteiger partial charge on any atom is -0.324 e. The third-order valence-corrected chi connectivity index (χ3v) is 4.85. The molecule has 0 spiro atoms. The zero-order valence-electron chi connectivity index (χ0n) is 10.1. The second kappa shape index (κ2) is 6.07. The number of benzene rings is 1. The van der Waals surface area contributed by atoms with Crippen molar-refractivity contribution in [3.63, 3.8) is 0 Å². The molecule has 0 fully saturated rings. The monoisotopic (exact) mass is 299 g/mol. The Kier molecular flexibility index (Phi) is 4.68. The van der Waals surface area contributed by atoms with E-state index in [1.165, 1.54) is 9.75 Å². The number of aryl methyl sites for hydroxylation is 1. The fraction of sp³-hybridized carbons (Fsp3) is 0.286. The Morgan fingerprint density at radius 1 is 1.11 bits per heavy atom. The van der Waals surface area contributed by atoms with Gasteiger partial charge < -0.3 is 5.73 Å². The lowest BCUT2D eigenvalue weighted by atomic mass is 10.0. The van der Waals surface area contributed by atoms with E-state index in [0.29, 0.717) is 10.0 Å². The van der Waals surface area contributed by atoms with Gasteiger partial charge in [0.2, 0.25) is 0 Å². The van der Waals surface area contributed by atoms with Crippen molar-refractivity contribution in [3.8, 4) is 0 Å². The molecule has 1 aromatic heterocycles. The first kappa shape index (κ1) is 13.9. The van der Waals surface area contributed by atoms with E-state index in [0.717, 1.165) is 18.4 Å². The van der Waals surface area contributed by atoms with Gasteiger partial charge in [-0.15, -0.1) is 11.3 Å². The lowest BCUT2D eigenvalue weighted by Crippen LogP contribution is -2.12. The molecule has 1 aromatic carbocycles. The summed E-state index contributed by atoms with van der Waals surface area (Å²) in [4.78, 5) is 2.71. The molecule has 2 N–H and O–H groups in total. The van der Waals surface area contributed by atoms with Crippen LogP contribution in [0.2, 0.25) is 10.0 Å². The highest BCUT2D eigenvalue weighted by atomic mass is 35.5. The molecule has 4 heteroatoms. The molecule has 0 saturated carbocycles. The second-order valence-electron chi connectivity index (χ2n) is 4.21. The Labute approximate surface area is 122 Å². The van der Waals surface area contributed by atoms with Crippen molar-refractivity contribution in [1.82, 2.24) is 0 Å². The summed E-state index contributed by atoms with van der Waals surface area (Å²) in [5, 5.41) is 1.13. The van der Waals surface area contributed by atoms with Crippen LogP contribution in [0.15, 0.2) is 30.3 Å². The fourth-order valence-electron chi connectivity index (χ4n) is 1.80. The fourth-order valence-corrected chi connectivity index (χ4v) is 3.12. The highest BCUT2D eigenvalue weighted by Gasteiger charge is 2.10. The molecule has 2 aromatic rings. The third-order valence-electron chi connectivity index (χ3n) is 2.86. The van der Waals surface area contributed by atoms with Crippen molar-refractivity contribution in [2.24, 2.45) is 5.73 Å². The number of hydrogen-bond acceptors (Lipinski definition) is 2. The highest BCUT2D eigenvalue weighted by molar-refractivity contribution is 7.11. The topological polar surface area (TPSA) is 26.0 Å². The van der Waals surface area contributed by atoms with Gasteiger partial charge in [0, 0.05) is 22.2 Å². The molecule has 0 bridgehead atoms. The average Bonchev–Trinajstić information content (AvgIpc) is 2.80. The Morgan fingerprint density at radius 2 is 1.83 bits per heavy atom. The summed E-state index contributed by atoms with van der Waals surface area (Å²) in [6.45, 7) is 2.16. The quantitative estimate of drug-likeness (QED) is 0.857. The summed E-state index contributed by atoms with van der Waals surface area (Å²) >= 11 is 13.7. The smallest absolute Gasteiger partial charge is 0.0595 e. The predicted molar refractivity (Wildman–Crippen MR) is 80.8 cm³/mol. The molecular formula is C14H15Cl2NS. The Bertz CT molecular complexity index is 536. The van der Waals surface area contributed by atoms with E-state index >= 15 is 0 Å². The first-order valence-corrected chi connectivity index (χ1v) is 7.45. The van der Waals surface area contributed by atoms with Crippen LogP contribution in [0.5, 0.6) is 0 Å². The zero-order valence-corrected chi connectivity index (χ0v) is 12.4. The molecule has 1 heterocycles. The lowest BCUT2D eigenvalue weighted by Gasteiger charge is -2.11. The van der Waals surface area contributed by atoms with Crippen LogP contribution in [0.4, 0.5) is 0 Å². The van der Waals surface area contributed by atoms with Gasteiger partial charge in [-0.2, -0.15) is 0 Å². The van der Waals surface area contributed by atoms with Crippen molar-refractivity contribution in [2.75, 3.05) is 0 Å². The van der Waals surface area contributed by atoms with Gasteiger partial charge in [-0.25, -0.2) is 0 Å². The predicted octanol–water partition coefficient (Wildman–Crippen LogP) is 4.86. The number of rotatable bonds is 4. The molecule has 1 atom stereocenters. The summed E-state index contributed by atoms with van der Waals surface area (Å²) in [5.41, 5.74) is 7.23. The second-order valence-corrected chi connectivity index (χ2v) is 6.27. The van der Waals surface area contributed by atoms with Crippen molar-refractivity contribution in [2.45, 2.75) is 25.8 Å². The van der Waals surface area contributed by atoms with E-state index in [9.17, 15) is 0 Å². The van der Waals surface area contributed by atoms with Gasteiger partial charge in [0.15, 0.2) is 0 Å². The normalized spacial score (nSPS) is 12.7. The Morgan fingerprint density at radius 3 is 2.44 bits per heavy atom. The van der Waals surface area contributed by atoms with Crippen molar-refractivity contribution >= 4 is 34.5 Å². The largest absolute Gasteiger partial charge is 0.324 e. The van der Waals surface area contributed by atoms with Gasteiger partial charge in [-0.3, -0.25) is 0 Å². The molecule has 2 rings (SSSR count). The summed E-state index contributed by atoms with van der Waals surface area (Å²) < 4.78 is 0. The van der Waals surface area contributed by atoms with Crippen LogP contribution in [0, 0.1) is 0 Å². The van der Waals surface area contributed by atoms with E-state index in [4.69, 9.17) is 28.9 Å². The van der Waals surface area contributed by atoms with E-state index in [2.05, 4.69) is 19.1 Å². The minimum atomic E-state index is -0.0388. The summed E-state index contributed by atoms with van der Waals surface area (Å²) in [6.07, 6.45) is 1.91. The summed E-state index contributed by atoms with van der Waals surface area (Å²) in [6, 6.07) is 9.87. The molecule has 18 heavy (non-hydrogen) atoms. The molecule has 1 nitrogen and oxygen atoms in total. The van der Waals surface area contributed by atoms with Gasteiger partial charge in [0.05, 0.1) is 10.0 Å². The number of halogens is 2. The SMILES string of the molecule is CCc1ccc(CC(N)c2ccc(Cl)c(Cl)c2)s1. The maximum atomic E-state index is 6.20. The molecule has 0 saturated heterocycles. The standard InChI is InChI=1S/C14H15Cl2NS/c1-2-10-4-5-11(18-10)8-14(17)9-3-6-12(15)13(16)7-9/h3-7,14H,2,8,17H2,1H3. The molecule has 0 aliphatic heterocycles. The highest BCUT2D eigenvalue weighted by Crippen LogP contribution is 2.27. The molecule has 0 radical (unpaired) electrons. The number of thiophene rings is 1. The van der Waals surface area contributed by atoms with E-state index in [-0.39, 0.29) is 6.04 Å². The van der Waals surface area contributed by atoms with Crippen molar-refractivity contribution in [3.05, 3.63) is 55.7 Å². The minimum absolute atomic E-state index is 0.0388. The maximum absolute atomic E-state index is 6.20. The summed E-state index contributed by atoms with van der Waals surface area (Å²) in [5.74, 6) is 0. The molecule has 0 aliphatic carbocycles. The molecule has 0 aliphatic rings. The van der Waals surface area contributed by atoms with Gasteiger partial charge in [-0.1, -0.05) is 36.2 Å². The number of hydrogen-bond donors (Lipinski definition) is 1. The van der Waals surface area contributed by atoms with Crippen LogP contribution < -0.4 is 5.73 Å². The van der Waals surface area contributed by atoms with Gasteiger partial charge in [-0.05, 0) is 36.2 Å². The van der Waals surface area contributed by atoms with Crippen LogP contribution in [-0.2, 0) is 12.8 Å². The molecule has 0 amide bonds. The van der Waals surface area contributed by atoms with Gasteiger partial charge >= 0.3 is 0 Å². The van der Waals surface area contributed by atoms with E-state index < -0.39 is 0 Å². The first-order valence-electron chi connectivity index (χ1n) is 5.88. The first-order chi connectivity index (χ1) is 8.60. The molecule has 96 valence electrons. The summed E-state index contributed by atoms with van der Waals surface area (Å²) in [7, 11) is 0. The van der Waals surface area contributed by atoms with Crippen LogP contribution >= 0.6 is 34.5 Å². The van der Waals surface area contributed by atoms with Crippen LogP contribution in [0.3, 0.4) is 0 Å². The third kappa shape index (κ3) is 3.27. The zero-order chi connectivity index (χ0) is 13.1. The maximum Gasteiger partial charge on any atom is 0.0595 e. The number of nitrogens with two attached hydrogens (primary N) is 1. The molecule has 1 unspecified atom stereocenters. The van der Waals surface area contributed by atoms with Gasteiger partial charge in [0.25, 0.3) is 0 Å².